The number of hydrogen-bond donors (Lipinski definition) is 1. The number of carbonyl (C=O) groups excluding carboxylic acids is 1. The Bertz CT molecular complexity index is 833. The second-order valence-corrected chi connectivity index (χ2v) is 6.33. The number of ether oxygens (including phenoxy) is 2. The Kier molecular flexibility index (Phi) is 6.90. The summed E-state index contributed by atoms with van der Waals surface area (Å²) in [7, 11) is 0. The lowest BCUT2D eigenvalue weighted by molar-refractivity contribution is -0.384. The predicted molar refractivity (Wildman–Crippen MR) is 103 cm³/mol. The number of nitro benzene ring substituents is 1. The van der Waals surface area contributed by atoms with Gasteiger partial charge in [-0.2, -0.15) is 0 Å². The number of carbonyl (C=O) groups is 1. The SMILES string of the molecule is CCOc1ccc(C(=O)Nc2cc([N+](=O)[O-])ccc2C)cc1COC(C)C. The van der Waals surface area contributed by atoms with Crippen LogP contribution in [0, 0.1) is 17.0 Å². The molecule has 0 spiro atoms. The van der Waals surface area contributed by atoms with Crippen molar-refractivity contribution >= 4 is 17.3 Å². The first kappa shape index (κ1) is 20.4. The fraction of sp³-hybridized carbons (Fsp3) is 0.350. The van der Waals surface area contributed by atoms with Crippen LogP contribution in [0.1, 0.15) is 42.3 Å². The number of aryl methyl sites for hydroxylation is 1. The van der Waals surface area contributed by atoms with E-state index in [-0.39, 0.29) is 17.7 Å². The summed E-state index contributed by atoms with van der Waals surface area (Å²) in [5.41, 5.74) is 2.26. The molecular weight excluding hydrogens is 348 g/mol. The molecule has 7 heteroatoms. The topological polar surface area (TPSA) is 90.7 Å². The van der Waals surface area contributed by atoms with Gasteiger partial charge in [-0.3, -0.25) is 14.9 Å². The Morgan fingerprint density at radius 3 is 2.59 bits per heavy atom. The Balaban J connectivity index is 2.26. The maximum atomic E-state index is 12.6. The number of nitro groups is 1. The van der Waals surface area contributed by atoms with Crippen LogP contribution in [0.15, 0.2) is 36.4 Å². The minimum atomic E-state index is -0.493. The van der Waals surface area contributed by atoms with Crippen LogP contribution >= 0.6 is 0 Å². The van der Waals surface area contributed by atoms with Gasteiger partial charge in [0, 0.05) is 23.3 Å². The fourth-order valence-corrected chi connectivity index (χ4v) is 2.44. The second kappa shape index (κ2) is 9.14. The van der Waals surface area contributed by atoms with Crippen molar-refractivity contribution in [1.29, 1.82) is 0 Å². The van der Waals surface area contributed by atoms with Gasteiger partial charge >= 0.3 is 0 Å². The van der Waals surface area contributed by atoms with Crippen LogP contribution in [0.3, 0.4) is 0 Å². The number of anilines is 1. The van der Waals surface area contributed by atoms with Gasteiger partial charge < -0.3 is 14.8 Å². The summed E-state index contributed by atoms with van der Waals surface area (Å²) in [5, 5.41) is 13.7. The zero-order valence-electron chi connectivity index (χ0n) is 15.9. The lowest BCUT2D eigenvalue weighted by Gasteiger charge is -2.14. The highest BCUT2D eigenvalue weighted by atomic mass is 16.6. The fourth-order valence-electron chi connectivity index (χ4n) is 2.44. The molecule has 0 saturated heterocycles. The molecule has 2 aromatic rings. The van der Waals surface area contributed by atoms with Crippen LogP contribution in [-0.4, -0.2) is 23.5 Å². The maximum Gasteiger partial charge on any atom is 0.271 e. The molecule has 0 unspecified atom stereocenters. The predicted octanol–water partition coefficient (Wildman–Crippen LogP) is 4.48. The van der Waals surface area contributed by atoms with E-state index in [2.05, 4.69) is 5.32 Å². The van der Waals surface area contributed by atoms with Gasteiger partial charge in [0.2, 0.25) is 0 Å². The Hall–Kier alpha value is -2.93. The molecule has 1 amide bonds. The van der Waals surface area contributed by atoms with Crippen molar-refractivity contribution in [3.8, 4) is 5.75 Å². The van der Waals surface area contributed by atoms with Gasteiger partial charge in [-0.1, -0.05) is 6.07 Å². The second-order valence-electron chi connectivity index (χ2n) is 6.33. The molecular formula is C20H24N2O5. The number of nitrogens with one attached hydrogen (secondary N) is 1. The summed E-state index contributed by atoms with van der Waals surface area (Å²) in [5.74, 6) is 0.314. The summed E-state index contributed by atoms with van der Waals surface area (Å²) in [6, 6.07) is 9.47. The highest BCUT2D eigenvalue weighted by molar-refractivity contribution is 6.05. The molecule has 27 heavy (non-hydrogen) atoms. The third-order valence-corrected chi connectivity index (χ3v) is 3.87. The number of benzene rings is 2. The zero-order valence-corrected chi connectivity index (χ0v) is 15.9. The largest absolute Gasteiger partial charge is 0.494 e. The molecule has 0 atom stereocenters. The van der Waals surface area contributed by atoms with Crippen LogP contribution in [0.2, 0.25) is 0 Å². The van der Waals surface area contributed by atoms with E-state index in [1.54, 1.807) is 31.2 Å². The number of amides is 1. The van der Waals surface area contributed by atoms with Crippen molar-refractivity contribution in [2.75, 3.05) is 11.9 Å². The average Bonchev–Trinajstić information content (AvgIpc) is 2.62. The summed E-state index contributed by atoms with van der Waals surface area (Å²) in [4.78, 5) is 23.1. The minimum absolute atomic E-state index is 0.0458. The van der Waals surface area contributed by atoms with Crippen molar-refractivity contribution < 1.29 is 19.2 Å². The molecule has 0 aliphatic rings. The molecule has 0 radical (unpaired) electrons. The van der Waals surface area contributed by atoms with E-state index in [9.17, 15) is 14.9 Å². The molecule has 1 N–H and O–H groups in total. The molecule has 0 saturated carbocycles. The van der Waals surface area contributed by atoms with Gasteiger partial charge in [0.1, 0.15) is 5.75 Å². The molecule has 144 valence electrons. The van der Waals surface area contributed by atoms with Crippen molar-refractivity contribution in [3.05, 3.63) is 63.2 Å². The van der Waals surface area contributed by atoms with E-state index in [0.29, 0.717) is 30.2 Å². The van der Waals surface area contributed by atoms with Gasteiger partial charge in [0.05, 0.1) is 29.9 Å². The molecule has 0 aliphatic heterocycles. The highest BCUT2D eigenvalue weighted by Crippen LogP contribution is 2.25. The summed E-state index contributed by atoms with van der Waals surface area (Å²) < 4.78 is 11.2. The summed E-state index contributed by atoms with van der Waals surface area (Å²) in [6.45, 7) is 8.36. The molecule has 0 heterocycles. The molecule has 0 aromatic heterocycles. The average molecular weight is 372 g/mol. The van der Waals surface area contributed by atoms with Gasteiger partial charge in [-0.05, 0) is 51.5 Å². The molecule has 2 aromatic carbocycles. The van der Waals surface area contributed by atoms with E-state index in [4.69, 9.17) is 9.47 Å². The molecule has 0 aliphatic carbocycles. The van der Waals surface area contributed by atoms with Gasteiger partial charge in [-0.25, -0.2) is 0 Å². The molecule has 0 fully saturated rings. The standard InChI is InChI=1S/C20H24N2O5/c1-5-26-19-9-7-15(10-16(19)12-27-13(2)3)20(23)21-18-11-17(22(24)25)8-6-14(18)4/h6-11,13H,5,12H2,1-4H3,(H,21,23). The number of nitrogens with zero attached hydrogens (tertiary/aromatic N) is 1. The van der Waals surface area contributed by atoms with Crippen molar-refractivity contribution in [3.63, 3.8) is 0 Å². The van der Waals surface area contributed by atoms with Crippen LogP contribution in [0.25, 0.3) is 0 Å². The summed E-state index contributed by atoms with van der Waals surface area (Å²) in [6.07, 6.45) is 0.0458. The highest BCUT2D eigenvalue weighted by Gasteiger charge is 2.15. The molecule has 0 bridgehead atoms. The van der Waals surface area contributed by atoms with Crippen molar-refractivity contribution in [2.45, 2.75) is 40.4 Å². The van der Waals surface area contributed by atoms with E-state index in [0.717, 1.165) is 11.1 Å². The third-order valence-electron chi connectivity index (χ3n) is 3.87. The first-order valence-electron chi connectivity index (χ1n) is 8.75. The number of rotatable bonds is 8. The Morgan fingerprint density at radius 1 is 1.22 bits per heavy atom. The third kappa shape index (κ3) is 5.52. The van der Waals surface area contributed by atoms with Gasteiger partial charge in [-0.15, -0.1) is 0 Å². The van der Waals surface area contributed by atoms with E-state index < -0.39 is 4.92 Å². The van der Waals surface area contributed by atoms with Crippen molar-refractivity contribution in [1.82, 2.24) is 0 Å². The van der Waals surface area contributed by atoms with Gasteiger partial charge in [0.25, 0.3) is 11.6 Å². The lowest BCUT2D eigenvalue weighted by atomic mass is 10.1. The van der Waals surface area contributed by atoms with E-state index in [1.165, 1.54) is 12.1 Å². The Labute approximate surface area is 158 Å². The number of non-ortho nitro benzene ring substituents is 1. The Morgan fingerprint density at radius 2 is 1.96 bits per heavy atom. The first-order valence-corrected chi connectivity index (χ1v) is 8.75. The van der Waals surface area contributed by atoms with Gasteiger partial charge in [0.15, 0.2) is 0 Å². The quantitative estimate of drug-likeness (QED) is 0.545. The smallest absolute Gasteiger partial charge is 0.271 e. The van der Waals surface area contributed by atoms with Crippen LogP contribution in [-0.2, 0) is 11.3 Å². The zero-order chi connectivity index (χ0) is 20.0. The van der Waals surface area contributed by atoms with Crippen LogP contribution < -0.4 is 10.1 Å². The van der Waals surface area contributed by atoms with Crippen LogP contribution in [0.5, 0.6) is 5.75 Å². The molecule has 7 nitrogen and oxygen atoms in total. The maximum absolute atomic E-state index is 12.6. The van der Waals surface area contributed by atoms with E-state index >= 15 is 0 Å². The normalized spacial score (nSPS) is 10.7. The molecule has 2 rings (SSSR count). The van der Waals surface area contributed by atoms with Crippen LogP contribution in [0.4, 0.5) is 11.4 Å². The summed E-state index contributed by atoms with van der Waals surface area (Å²) >= 11 is 0. The van der Waals surface area contributed by atoms with E-state index in [1.807, 2.05) is 20.8 Å². The first-order chi connectivity index (χ1) is 12.8. The van der Waals surface area contributed by atoms with Crippen molar-refractivity contribution in [2.24, 2.45) is 0 Å². The monoisotopic (exact) mass is 372 g/mol. The number of hydrogen-bond acceptors (Lipinski definition) is 5. The minimum Gasteiger partial charge on any atom is -0.494 e. The lowest BCUT2D eigenvalue weighted by Crippen LogP contribution is -2.14.